The molecule has 0 radical (unpaired) electrons. The van der Waals surface area contributed by atoms with Gasteiger partial charge in [-0.25, -0.2) is 0 Å². The number of alkyl halides is 3. The highest BCUT2D eigenvalue weighted by Gasteiger charge is 2.32. The molecule has 0 aliphatic heterocycles. The Balaban J connectivity index is 3.15. The van der Waals surface area contributed by atoms with Gasteiger partial charge < -0.3 is 4.74 Å². The van der Waals surface area contributed by atoms with E-state index in [0.717, 1.165) is 12.1 Å². The van der Waals surface area contributed by atoms with Crippen molar-refractivity contribution >= 4 is 5.69 Å². The van der Waals surface area contributed by atoms with E-state index in [2.05, 4.69) is 4.74 Å². The van der Waals surface area contributed by atoms with Crippen LogP contribution in [-0.4, -0.2) is 11.3 Å². The summed E-state index contributed by atoms with van der Waals surface area (Å²) in [7, 11) is 0. The quantitative estimate of drug-likeness (QED) is 0.584. The third-order valence-electron chi connectivity index (χ3n) is 1.88. The van der Waals surface area contributed by atoms with Gasteiger partial charge in [0.25, 0.3) is 5.69 Å². The summed E-state index contributed by atoms with van der Waals surface area (Å²) in [6.07, 6.45) is -4.80. The zero-order chi connectivity index (χ0) is 12.5. The van der Waals surface area contributed by atoms with Crippen molar-refractivity contribution in [2.24, 2.45) is 0 Å². The van der Waals surface area contributed by atoms with Crippen LogP contribution in [0.3, 0.4) is 0 Å². The summed E-state index contributed by atoms with van der Waals surface area (Å²) in [5, 5.41) is 10.6. The average molecular weight is 235 g/mol. The second-order valence-corrected chi connectivity index (χ2v) is 3.21. The van der Waals surface area contributed by atoms with Crippen LogP contribution in [-0.2, 0) is 0 Å². The number of nitrogens with zero attached hydrogens (tertiary/aromatic N) is 1. The molecule has 0 aromatic heterocycles. The van der Waals surface area contributed by atoms with E-state index in [9.17, 15) is 23.3 Å². The molecule has 0 bridgehead atoms. The number of rotatable bonds is 2. The Morgan fingerprint density at radius 3 is 2.00 bits per heavy atom. The molecule has 0 saturated heterocycles. The number of hydrogen-bond acceptors (Lipinski definition) is 3. The Kier molecular flexibility index (Phi) is 3.06. The predicted molar refractivity (Wildman–Crippen MR) is 49.3 cm³/mol. The van der Waals surface area contributed by atoms with E-state index in [1.165, 1.54) is 13.8 Å². The number of hydrogen-bond donors (Lipinski definition) is 0. The lowest BCUT2D eigenvalue weighted by Gasteiger charge is -2.10. The van der Waals surface area contributed by atoms with Gasteiger partial charge in [0.15, 0.2) is 0 Å². The first kappa shape index (κ1) is 12.3. The molecule has 1 aromatic rings. The van der Waals surface area contributed by atoms with Gasteiger partial charge in [0.05, 0.1) is 4.92 Å². The Bertz CT molecular complexity index is 405. The molecule has 1 rings (SSSR count). The minimum Gasteiger partial charge on any atom is -0.406 e. The molecule has 0 atom stereocenters. The Morgan fingerprint density at radius 1 is 1.25 bits per heavy atom. The molecule has 4 nitrogen and oxygen atoms in total. The highest BCUT2D eigenvalue weighted by atomic mass is 19.4. The summed E-state index contributed by atoms with van der Waals surface area (Å²) >= 11 is 0. The van der Waals surface area contributed by atoms with E-state index >= 15 is 0 Å². The normalized spacial score (nSPS) is 11.3. The van der Waals surface area contributed by atoms with Crippen molar-refractivity contribution in [2.75, 3.05) is 0 Å². The highest BCUT2D eigenvalue weighted by Crippen LogP contribution is 2.30. The van der Waals surface area contributed by atoms with E-state index in [-0.39, 0.29) is 16.8 Å². The molecule has 1 aromatic carbocycles. The van der Waals surface area contributed by atoms with Gasteiger partial charge in [-0.3, -0.25) is 10.1 Å². The molecule has 0 unspecified atom stereocenters. The van der Waals surface area contributed by atoms with Crippen molar-refractivity contribution in [3.8, 4) is 5.75 Å². The van der Waals surface area contributed by atoms with E-state index in [1.807, 2.05) is 0 Å². The Hall–Kier alpha value is -1.79. The minimum atomic E-state index is -4.80. The minimum absolute atomic E-state index is 0.129. The molecule has 0 amide bonds. The third-order valence-corrected chi connectivity index (χ3v) is 1.88. The molecule has 0 aliphatic rings. The lowest BCUT2D eigenvalue weighted by Crippen LogP contribution is -2.17. The maximum Gasteiger partial charge on any atom is 0.573 e. The fourth-order valence-electron chi connectivity index (χ4n) is 1.40. The maximum absolute atomic E-state index is 11.9. The van der Waals surface area contributed by atoms with Gasteiger partial charge in [0.1, 0.15) is 5.75 Å². The zero-order valence-electron chi connectivity index (χ0n) is 8.46. The van der Waals surface area contributed by atoms with Gasteiger partial charge in [-0.1, -0.05) is 0 Å². The summed E-state index contributed by atoms with van der Waals surface area (Å²) in [4.78, 5) is 9.94. The van der Waals surface area contributed by atoms with E-state index in [4.69, 9.17) is 0 Å². The van der Waals surface area contributed by atoms with Crippen molar-refractivity contribution < 1.29 is 22.8 Å². The topological polar surface area (TPSA) is 52.4 Å². The highest BCUT2D eigenvalue weighted by molar-refractivity contribution is 5.51. The zero-order valence-corrected chi connectivity index (χ0v) is 8.46. The van der Waals surface area contributed by atoms with Gasteiger partial charge in [-0.15, -0.1) is 13.2 Å². The first-order chi connectivity index (χ1) is 7.20. The average Bonchev–Trinajstić information content (AvgIpc) is 1.96. The van der Waals surface area contributed by atoms with Crippen molar-refractivity contribution in [3.63, 3.8) is 0 Å². The Labute approximate surface area is 88.8 Å². The van der Waals surface area contributed by atoms with Gasteiger partial charge in [-0.05, 0) is 26.0 Å². The Morgan fingerprint density at radius 2 is 1.69 bits per heavy atom. The van der Waals surface area contributed by atoms with Crippen molar-refractivity contribution in [1.29, 1.82) is 0 Å². The molecule has 0 aliphatic carbocycles. The number of nitro benzene ring substituents is 1. The van der Waals surface area contributed by atoms with Crippen LogP contribution in [0.1, 0.15) is 11.1 Å². The molecule has 16 heavy (non-hydrogen) atoms. The first-order valence-corrected chi connectivity index (χ1v) is 4.22. The molecule has 0 fully saturated rings. The molecular weight excluding hydrogens is 227 g/mol. The van der Waals surface area contributed by atoms with Gasteiger partial charge in [-0.2, -0.15) is 0 Å². The number of ether oxygens (including phenoxy) is 1. The van der Waals surface area contributed by atoms with Crippen LogP contribution in [0.5, 0.6) is 5.75 Å². The predicted octanol–water partition coefficient (Wildman–Crippen LogP) is 3.11. The number of halogens is 3. The first-order valence-electron chi connectivity index (χ1n) is 4.22. The molecule has 88 valence electrons. The molecule has 0 heterocycles. The fourth-order valence-corrected chi connectivity index (χ4v) is 1.40. The molecule has 0 N–H and O–H groups in total. The second kappa shape index (κ2) is 3.99. The smallest absolute Gasteiger partial charge is 0.406 e. The van der Waals surface area contributed by atoms with E-state index in [0.29, 0.717) is 0 Å². The third kappa shape index (κ3) is 2.85. The van der Waals surface area contributed by atoms with E-state index < -0.39 is 17.0 Å². The number of benzene rings is 1. The largest absolute Gasteiger partial charge is 0.573 e. The summed E-state index contributed by atoms with van der Waals surface area (Å²) in [6, 6.07) is 1.97. The van der Waals surface area contributed by atoms with Crippen LogP contribution in [0.15, 0.2) is 12.1 Å². The lowest BCUT2D eigenvalue weighted by atomic mass is 10.1. The van der Waals surface area contributed by atoms with Crippen LogP contribution >= 0.6 is 0 Å². The SMILES string of the molecule is Cc1cc(OC(F)(F)F)cc(C)c1[N+](=O)[O-]. The summed E-state index contributed by atoms with van der Waals surface area (Å²) in [5.74, 6) is -0.451. The summed E-state index contributed by atoms with van der Waals surface area (Å²) in [5.41, 5.74) is 0.0584. The summed E-state index contributed by atoms with van der Waals surface area (Å²) in [6.45, 7) is 2.71. The van der Waals surface area contributed by atoms with Crippen LogP contribution in [0.25, 0.3) is 0 Å². The van der Waals surface area contributed by atoms with Crippen LogP contribution in [0, 0.1) is 24.0 Å². The molecular formula is C9H8F3NO3. The van der Waals surface area contributed by atoms with Crippen LogP contribution in [0.4, 0.5) is 18.9 Å². The summed E-state index contributed by atoms with van der Waals surface area (Å²) < 4.78 is 39.4. The fraction of sp³-hybridized carbons (Fsp3) is 0.333. The van der Waals surface area contributed by atoms with Gasteiger partial charge in [0, 0.05) is 11.1 Å². The molecule has 7 heteroatoms. The van der Waals surface area contributed by atoms with Gasteiger partial charge in [0.2, 0.25) is 0 Å². The van der Waals surface area contributed by atoms with Crippen LogP contribution in [0.2, 0.25) is 0 Å². The van der Waals surface area contributed by atoms with Crippen molar-refractivity contribution in [1.82, 2.24) is 0 Å². The van der Waals surface area contributed by atoms with E-state index in [1.54, 1.807) is 0 Å². The number of aryl methyl sites for hydroxylation is 2. The standard InChI is InChI=1S/C9H8F3NO3/c1-5-3-7(16-9(10,11)12)4-6(2)8(5)13(14)15/h3-4H,1-2H3. The van der Waals surface area contributed by atoms with Crippen molar-refractivity contribution in [3.05, 3.63) is 33.4 Å². The monoisotopic (exact) mass is 235 g/mol. The lowest BCUT2D eigenvalue weighted by molar-refractivity contribution is -0.386. The van der Waals surface area contributed by atoms with Crippen LogP contribution < -0.4 is 4.74 Å². The maximum atomic E-state index is 11.9. The second-order valence-electron chi connectivity index (χ2n) is 3.21. The molecule has 0 saturated carbocycles. The van der Waals surface area contributed by atoms with Crippen molar-refractivity contribution in [2.45, 2.75) is 20.2 Å². The number of nitro groups is 1. The molecule has 0 spiro atoms. The van der Waals surface area contributed by atoms with Gasteiger partial charge >= 0.3 is 6.36 Å².